The smallest absolute Gasteiger partial charge is 0.193 e. The maximum absolute atomic E-state index is 11.9. The lowest BCUT2D eigenvalue weighted by Gasteiger charge is -1.98. The van der Waals surface area contributed by atoms with E-state index < -0.39 is 12.5 Å². The van der Waals surface area contributed by atoms with Gasteiger partial charge in [0.05, 0.1) is 0 Å². The molecular formula is C12H17FO. The fourth-order valence-corrected chi connectivity index (χ4v) is 1.00. The Hall–Kier alpha value is -1.18. The monoisotopic (exact) mass is 196 g/mol. The van der Waals surface area contributed by atoms with Crippen LogP contribution in [0.3, 0.4) is 0 Å². The van der Waals surface area contributed by atoms with Gasteiger partial charge in [0.2, 0.25) is 0 Å². The van der Waals surface area contributed by atoms with E-state index in [1.807, 2.05) is 32.9 Å². The Morgan fingerprint density at radius 1 is 1.21 bits per heavy atom. The third kappa shape index (κ3) is 3.69. The third-order valence-corrected chi connectivity index (χ3v) is 1.81. The molecule has 0 N–H and O–H groups in total. The van der Waals surface area contributed by atoms with Crippen LogP contribution in [-0.4, -0.2) is 12.5 Å². The van der Waals surface area contributed by atoms with E-state index in [1.54, 1.807) is 12.1 Å². The summed E-state index contributed by atoms with van der Waals surface area (Å²) >= 11 is 0. The summed E-state index contributed by atoms with van der Waals surface area (Å²) in [6.07, 6.45) is 0.935. The molecular weight excluding hydrogens is 179 g/mol. The minimum absolute atomic E-state index is 0.447. The predicted molar refractivity (Wildman–Crippen MR) is 57.5 cm³/mol. The zero-order valence-corrected chi connectivity index (χ0v) is 9.01. The Morgan fingerprint density at radius 3 is 2.07 bits per heavy atom. The average molecular weight is 196 g/mol. The van der Waals surface area contributed by atoms with E-state index in [0.717, 1.165) is 12.0 Å². The van der Waals surface area contributed by atoms with Gasteiger partial charge in [-0.15, -0.1) is 0 Å². The van der Waals surface area contributed by atoms with Crippen LogP contribution in [0, 0.1) is 0 Å². The molecule has 0 fully saturated rings. The Bertz CT molecular complexity index is 264. The second kappa shape index (κ2) is 7.25. The number of aryl methyl sites for hydroxylation is 1. The number of rotatable bonds is 3. The van der Waals surface area contributed by atoms with Crippen molar-refractivity contribution in [1.29, 1.82) is 0 Å². The van der Waals surface area contributed by atoms with Gasteiger partial charge in [0.1, 0.15) is 0 Å². The van der Waals surface area contributed by atoms with Crippen molar-refractivity contribution in [2.75, 3.05) is 6.67 Å². The summed E-state index contributed by atoms with van der Waals surface area (Å²) in [5.74, 6) is -0.447. The van der Waals surface area contributed by atoms with E-state index in [4.69, 9.17) is 0 Å². The highest BCUT2D eigenvalue weighted by Gasteiger charge is 2.03. The highest BCUT2D eigenvalue weighted by Crippen LogP contribution is 2.05. The first-order valence-corrected chi connectivity index (χ1v) is 4.96. The van der Waals surface area contributed by atoms with Crippen LogP contribution in [-0.2, 0) is 6.42 Å². The van der Waals surface area contributed by atoms with Crippen LogP contribution in [0.15, 0.2) is 24.3 Å². The Morgan fingerprint density at radius 2 is 1.71 bits per heavy atom. The lowest BCUT2D eigenvalue weighted by molar-refractivity contribution is 0.0958. The second-order valence-electron chi connectivity index (χ2n) is 2.61. The molecule has 0 aliphatic heterocycles. The van der Waals surface area contributed by atoms with Crippen molar-refractivity contribution in [3.8, 4) is 0 Å². The summed E-state index contributed by atoms with van der Waals surface area (Å²) < 4.78 is 11.9. The second-order valence-corrected chi connectivity index (χ2v) is 2.61. The molecule has 0 heterocycles. The summed E-state index contributed by atoms with van der Waals surface area (Å²) in [5, 5.41) is 0. The van der Waals surface area contributed by atoms with E-state index in [-0.39, 0.29) is 0 Å². The summed E-state index contributed by atoms with van der Waals surface area (Å²) in [5.41, 5.74) is 1.61. The van der Waals surface area contributed by atoms with E-state index >= 15 is 0 Å². The van der Waals surface area contributed by atoms with Crippen LogP contribution in [0.1, 0.15) is 36.7 Å². The fourth-order valence-electron chi connectivity index (χ4n) is 1.00. The maximum atomic E-state index is 11.9. The number of benzene rings is 1. The summed E-state index contributed by atoms with van der Waals surface area (Å²) in [6.45, 7) is 5.12. The van der Waals surface area contributed by atoms with Crippen LogP contribution in [0.5, 0.6) is 0 Å². The molecule has 0 aliphatic carbocycles. The van der Waals surface area contributed by atoms with Crippen LogP contribution < -0.4 is 0 Å². The van der Waals surface area contributed by atoms with E-state index in [9.17, 15) is 9.18 Å². The minimum Gasteiger partial charge on any atom is -0.291 e. The molecule has 0 saturated heterocycles. The topological polar surface area (TPSA) is 17.1 Å². The van der Waals surface area contributed by atoms with E-state index in [2.05, 4.69) is 0 Å². The zero-order valence-electron chi connectivity index (χ0n) is 9.01. The molecule has 78 valence electrons. The molecule has 14 heavy (non-hydrogen) atoms. The number of alkyl halides is 1. The molecule has 0 unspecified atom stereocenters. The maximum Gasteiger partial charge on any atom is 0.193 e. The molecule has 2 heteroatoms. The molecule has 1 aromatic rings. The largest absolute Gasteiger partial charge is 0.291 e. The number of carbonyl (C=O) groups excluding carboxylic acids is 1. The van der Waals surface area contributed by atoms with Crippen molar-refractivity contribution in [2.24, 2.45) is 0 Å². The predicted octanol–water partition coefficient (Wildman–Crippen LogP) is 3.43. The minimum atomic E-state index is -0.911. The average Bonchev–Trinajstić information content (AvgIpc) is 2.31. The molecule has 0 amide bonds. The van der Waals surface area contributed by atoms with Crippen LogP contribution >= 0.6 is 0 Å². The number of hydrogen-bond donors (Lipinski definition) is 0. The van der Waals surface area contributed by atoms with Crippen LogP contribution in [0.4, 0.5) is 4.39 Å². The molecule has 0 saturated carbocycles. The molecule has 1 aromatic carbocycles. The first-order chi connectivity index (χ1) is 6.77. The van der Waals surface area contributed by atoms with Gasteiger partial charge in [-0.2, -0.15) is 0 Å². The van der Waals surface area contributed by atoms with Crippen molar-refractivity contribution in [3.05, 3.63) is 35.4 Å². The van der Waals surface area contributed by atoms with Gasteiger partial charge in [-0.1, -0.05) is 45.0 Å². The molecule has 1 rings (SSSR count). The highest BCUT2D eigenvalue weighted by molar-refractivity contribution is 5.96. The number of halogens is 1. The summed E-state index contributed by atoms with van der Waals surface area (Å²) in [4.78, 5) is 10.8. The van der Waals surface area contributed by atoms with E-state index in [0.29, 0.717) is 5.56 Å². The zero-order chi connectivity index (χ0) is 11.0. The van der Waals surface area contributed by atoms with Crippen molar-refractivity contribution < 1.29 is 9.18 Å². The molecule has 0 aromatic heterocycles. The molecule has 1 nitrogen and oxygen atoms in total. The SMILES string of the molecule is CC.CCc1ccc(C(=O)CF)cc1. The van der Waals surface area contributed by atoms with Crippen molar-refractivity contribution in [3.63, 3.8) is 0 Å². The third-order valence-electron chi connectivity index (χ3n) is 1.81. The lowest BCUT2D eigenvalue weighted by atomic mass is 10.1. The summed E-state index contributed by atoms with van der Waals surface area (Å²) in [6, 6.07) is 7.04. The Balaban J connectivity index is 0.000000791. The Labute approximate surface area is 85.0 Å². The van der Waals surface area contributed by atoms with Gasteiger partial charge in [0.25, 0.3) is 0 Å². The van der Waals surface area contributed by atoms with Gasteiger partial charge < -0.3 is 0 Å². The normalized spacial score (nSPS) is 8.86. The lowest BCUT2D eigenvalue weighted by Crippen LogP contribution is -2.00. The first-order valence-electron chi connectivity index (χ1n) is 4.96. The number of Topliss-reactive ketones (excluding diaryl/α,β-unsaturated/α-hetero) is 1. The molecule has 0 spiro atoms. The standard InChI is InChI=1S/C10H11FO.C2H6/c1-2-8-3-5-9(6-4-8)10(12)7-11;1-2/h3-6H,2,7H2,1H3;1-2H3. The van der Waals surface area contributed by atoms with Gasteiger partial charge in [-0.25, -0.2) is 4.39 Å². The van der Waals surface area contributed by atoms with Gasteiger partial charge in [-0.05, 0) is 12.0 Å². The van der Waals surface area contributed by atoms with Gasteiger partial charge in [-0.3, -0.25) is 4.79 Å². The van der Waals surface area contributed by atoms with Crippen molar-refractivity contribution >= 4 is 5.78 Å². The van der Waals surface area contributed by atoms with Crippen LogP contribution in [0.2, 0.25) is 0 Å². The number of carbonyl (C=O) groups is 1. The molecule has 0 aliphatic rings. The van der Waals surface area contributed by atoms with Crippen molar-refractivity contribution in [1.82, 2.24) is 0 Å². The van der Waals surface area contributed by atoms with Gasteiger partial charge in [0, 0.05) is 5.56 Å². The molecule has 0 atom stereocenters. The summed E-state index contributed by atoms with van der Waals surface area (Å²) in [7, 11) is 0. The van der Waals surface area contributed by atoms with E-state index in [1.165, 1.54) is 0 Å². The Kier molecular flexibility index (Phi) is 6.63. The highest BCUT2D eigenvalue weighted by atomic mass is 19.1. The van der Waals surface area contributed by atoms with Gasteiger partial charge in [0.15, 0.2) is 12.5 Å². The number of ketones is 1. The quantitative estimate of drug-likeness (QED) is 0.677. The molecule has 0 radical (unpaired) electrons. The fraction of sp³-hybridized carbons (Fsp3) is 0.417. The first kappa shape index (κ1) is 12.8. The van der Waals surface area contributed by atoms with Gasteiger partial charge >= 0.3 is 0 Å². The number of hydrogen-bond acceptors (Lipinski definition) is 1. The van der Waals surface area contributed by atoms with Crippen LogP contribution in [0.25, 0.3) is 0 Å². The molecule has 0 bridgehead atoms. The van der Waals surface area contributed by atoms with Crippen molar-refractivity contribution in [2.45, 2.75) is 27.2 Å².